The minimum absolute atomic E-state index is 0.125. The molecule has 0 aliphatic carbocycles. The summed E-state index contributed by atoms with van der Waals surface area (Å²) in [5, 5.41) is 2.90. The average Bonchev–Trinajstić information content (AvgIpc) is 2.85. The molecule has 2 aromatic rings. The molecule has 10 heteroatoms. The van der Waals surface area contributed by atoms with Crippen molar-refractivity contribution in [2.45, 2.75) is 51.7 Å². The van der Waals surface area contributed by atoms with Crippen LogP contribution < -0.4 is 14.8 Å². The Bertz CT molecular complexity index is 1190. The van der Waals surface area contributed by atoms with Gasteiger partial charge in [0.05, 0.1) is 28.0 Å². The number of ether oxygens (including phenoxy) is 2. The first-order valence-electron chi connectivity index (χ1n) is 12.1. The van der Waals surface area contributed by atoms with E-state index in [1.54, 1.807) is 43.5 Å². The predicted octanol–water partition coefficient (Wildman–Crippen LogP) is 6.10. The van der Waals surface area contributed by atoms with Crippen molar-refractivity contribution in [3.8, 4) is 17.2 Å². The van der Waals surface area contributed by atoms with Crippen molar-refractivity contribution in [2.75, 3.05) is 26.7 Å². The van der Waals surface area contributed by atoms with E-state index >= 15 is 0 Å². The molecule has 1 N–H and O–H groups in total. The van der Waals surface area contributed by atoms with E-state index < -0.39 is 15.3 Å². The van der Waals surface area contributed by atoms with Crippen molar-refractivity contribution >= 4 is 39.1 Å². The standard InChI is InChI=1S/C26H34Cl2N2O5S/c1-16(2)21-14-19(6-9-23(21)34-5)35-25-22(27)8-7-20(24(25)28)26(31)29-15-18-10-12-30(13-11-18)36(32,33)17(3)4/h6-9,14,16-18H,10-13,15H2,1-5H3,(H,29,31). The molecule has 1 saturated heterocycles. The maximum atomic E-state index is 12.9. The molecule has 1 aliphatic rings. The van der Waals surface area contributed by atoms with E-state index in [2.05, 4.69) is 19.2 Å². The third-order valence-electron chi connectivity index (χ3n) is 6.42. The van der Waals surface area contributed by atoms with Crippen LogP contribution in [-0.4, -0.2) is 50.6 Å². The van der Waals surface area contributed by atoms with E-state index in [9.17, 15) is 13.2 Å². The molecule has 1 amide bonds. The van der Waals surface area contributed by atoms with E-state index in [-0.39, 0.29) is 39.1 Å². The Morgan fingerprint density at radius 2 is 1.78 bits per heavy atom. The molecular weight excluding hydrogens is 523 g/mol. The summed E-state index contributed by atoms with van der Waals surface area (Å²) >= 11 is 12.9. The highest BCUT2D eigenvalue weighted by Gasteiger charge is 2.30. The molecule has 0 spiro atoms. The molecule has 0 unspecified atom stereocenters. The Hall–Kier alpha value is -2.00. The summed E-state index contributed by atoms with van der Waals surface area (Å²) in [5.41, 5.74) is 1.23. The van der Waals surface area contributed by atoms with Crippen molar-refractivity contribution in [3.05, 3.63) is 51.5 Å². The van der Waals surface area contributed by atoms with Crippen LogP contribution in [0.2, 0.25) is 10.0 Å². The summed E-state index contributed by atoms with van der Waals surface area (Å²) in [5.74, 6) is 1.56. The Balaban J connectivity index is 1.68. The van der Waals surface area contributed by atoms with Gasteiger partial charge in [0.15, 0.2) is 5.75 Å². The van der Waals surface area contributed by atoms with Gasteiger partial charge >= 0.3 is 0 Å². The first kappa shape index (κ1) is 28.6. The van der Waals surface area contributed by atoms with Crippen molar-refractivity contribution < 1.29 is 22.7 Å². The minimum Gasteiger partial charge on any atom is -0.496 e. The van der Waals surface area contributed by atoms with Gasteiger partial charge in [0, 0.05) is 25.2 Å². The zero-order valence-corrected chi connectivity index (χ0v) is 23.6. The van der Waals surface area contributed by atoms with Gasteiger partial charge < -0.3 is 14.8 Å². The Morgan fingerprint density at radius 3 is 2.36 bits per heavy atom. The summed E-state index contributed by atoms with van der Waals surface area (Å²) in [6, 6.07) is 8.60. The quantitative estimate of drug-likeness (QED) is 0.403. The lowest BCUT2D eigenvalue weighted by atomic mass is 9.98. The number of rotatable bonds is 9. The van der Waals surface area contributed by atoms with Crippen LogP contribution in [-0.2, 0) is 10.0 Å². The fourth-order valence-electron chi connectivity index (χ4n) is 4.14. The number of methoxy groups -OCH3 is 1. The van der Waals surface area contributed by atoms with Gasteiger partial charge in [0.25, 0.3) is 5.91 Å². The smallest absolute Gasteiger partial charge is 0.252 e. The number of hydrogen-bond acceptors (Lipinski definition) is 5. The minimum atomic E-state index is -3.25. The lowest BCUT2D eigenvalue weighted by Gasteiger charge is -2.32. The number of benzene rings is 2. The van der Waals surface area contributed by atoms with Crippen LogP contribution in [0.15, 0.2) is 30.3 Å². The fraction of sp³-hybridized carbons (Fsp3) is 0.500. The first-order chi connectivity index (χ1) is 16.9. The molecule has 2 aromatic carbocycles. The van der Waals surface area contributed by atoms with Gasteiger partial charge in [-0.15, -0.1) is 0 Å². The average molecular weight is 558 g/mol. The molecule has 0 radical (unpaired) electrons. The first-order valence-corrected chi connectivity index (χ1v) is 14.3. The summed E-state index contributed by atoms with van der Waals surface area (Å²) in [4.78, 5) is 12.9. The lowest BCUT2D eigenvalue weighted by molar-refractivity contribution is 0.0941. The van der Waals surface area contributed by atoms with Crippen LogP contribution in [0.5, 0.6) is 17.2 Å². The second kappa shape index (κ2) is 12.0. The van der Waals surface area contributed by atoms with Gasteiger partial charge in [-0.05, 0) is 68.9 Å². The normalized spacial score (nSPS) is 15.4. The number of nitrogens with one attached hydrogen (secondary N) is 1. The number of carbonyl (C=O) groups excluding carboxylic acids is 1. The molecule has 7 nitrogen and oxygen atoms in total. The van der Waals surface area contributed by atoms with Crippen molar-refractivity contribution in [3.63, 3.8) is 0 Å². The van der Waals surface area contributed by atoms with Gasteiger partial charge in [-0.25, -0.2) is 12.7 Å². The van der Waals surface area contributed by atoms with Crippen molar-refractivity contribution in [1.82, 2.24) is 9.62 Å². The maximum Gasteiger partial charge on any atom is 0.252 e. The van der Waals surface area contributed by atoms with Crippen LogP contribution in [0.3, 0.4) is 0 Å². The number of carbonyl (C=O) groups is 1. The van der Waals surface area contributed by atoms with Crippen LogP contribution in [0, 0.1) is 5.92 Å². The van der Waals surface area contributed by atoms with E-state index in [1.165, 1.54) is 0 Å². The van der Waals surface area contributed by atoms with Crippen LogP contribution in [0.4, 0.5) is 0 Å². The van der Waals surface area contributed by atoms with E-state index in [4.69, 9.17) is 32.7 Å². The van der Waals surface area contributed by atoms with E-state index in [1.807, 2.05) is 12.1 Å². The van der Waals surface area contributed by atoms with Gasteiger partial charge in [0.2, 0.25) is 10.0 Å². The summed E-state index contributed by atoms with van der Waals surface area (Å²) in [6.45, 7) is 8.84. The highest BCUT2D eigenvalue weighted by atomic mass is 35.5. The molecular formula is C26H34Cl2N2O5S. The lowest BCUT2D eigenvalue weighted by Crippen LogP contribution is -2.44. The highest BCUT2D eigenvalue weighted by Crippen LogP contribution is 2.40. The molecule has 1 heterocycles. The molecule has 1 fully saturated rings. The molecule has 0 saturated carbocycles. The summed E-state index contributed by atoms with van der Waals surface area (Å²) in [6.07, 6.45) is 1.37. The Kier molecular flexibility index (Phi) is 9.55. The van der Waals surface area contributed by atoms with Crippen molar-refractivity contribution in [1.29, 1.82) is 0 Å². The number of amides is 1. The molecule has 0 atom stereocenters. The third kappa shape index (κ3) is 6.46. The summed E-state index contributed by atoms with van der Waals surface area (Å²) < 4.78 is 37.7. The summed E-state index contributed by atoms with van der Waals surface area (Å²) in [7, 11) is -1.63. The van der Waals surface area contributed by atoms with Gasteiger partial charge in [-0.2, -0.15) is 0 Å². The highest BCUT2D eigenvalue weighted by molar-refractivity contribution is 7.89. The van der Waals surface area contributed by atoms with Gasteiger partial charge in [0.1, 0.15) is 11.5 Å². The zero-order valence-electron chi connectivity index (χ0n) is 21.3. The number of hydrogen-bond donors (Lipinski definition) is 1. The molecule has 0 bridgehead atoms. The molecule has 0 aromatic heterocycles. The molecule has 1 aliphatic heterocycles. The second-order valence-corrected chi connectivity index (χ2v) is 12.8. The molecule has 36 heavy (non-hydrogen) atoms. The van der Waals surface area contributed by atoms with Gasteiger partial charge in [-0.1, -0.05) is 37.0 Å². The Labute approximate surface area is 224 Å². The largest absolute Gasteiger partial charge is 0.496 e. The molecule has 198 valence electrons. The van der Waals surface area contributed by atoms with Crippen LogP contribution in [0.25, 0.3) is 0 Å². The topological polar surface area (TPSA) is 84.9 Å². The van der Waals surface area contributed by atoms with Crippen molar-refractivity contribution in [2.24, 2.45) is 5.92 Å². The van der Waals surface area contributed by atoms with Gasteiger partial charge in [-0.3, -0.25) is 4.79 Å². The SMILES string of the molecule is COc1ccc(Oc2c(Cl)ccc(C(=O)NCC3CCN(S(=O)(=O)C(C)C)CC3)c2Cl)cc1C(C)C. The molecule has 3 rings (SSSR count). The zero-order chi connectivity index (χ0) is 26.6. The maximum absolute atomic E-state index is 12.9. The monoisotopic (exact) mass is 556 g/mol. The third-order valence-corrected chi connectivity index (χ3v) is 9.37. The number of sulfonamides is 1. The van der Waals surface area contributed by atoms with Crippen LogP contribution >= 0.6 is 23.2 Å². The number of piperidine rings is 1. The fourth-order valence-corrected chi connectivity index (χ4v) is 5.99. The van der Waals surface area contributed by atoms with E-state index in [0.717, 1.165) is 11.3 Å². The number of halogens is 2. The Morgan fingerprint density at radius 1 is 1.11 bits per heavy atom. The predicted molar refractivity (Wildman–Crippen MR) is 144 cm³/mol. The van der Waals surface area contributed by atoms with Crippen LogP contribution in [0.1, 0.15) is 62.4 Å². The second-order valence-electron chi connectivity index (χ2n) is 9.54. The number of nitrogens with zero attached hydrogens (tertiary/aromatic N) is 1. The van der Waals surface area contributed by atoms with E-state index in [0.29, 0.717) is 38.2 Å².